The number of anilines is 2. The predicted octanol–water partition coefficient (Wildman–Crippen LogP) is 5.93. The minimum atomic E-state index is -0.271. The zero-order valence-electron chi connectivity index (χ0n) is 21.3. The summed E-state index contributed by atoms with van der Waals surface area (Å²) >= 11 is 0. The summed E-state index contributed by atoms with van der Waals surface area (Å²) in [6.45, 7) is 15.2. The Bertz CT molecular complexity index is 886. The first-order chi connectivity index (χ1) is 15.7. The van der Waals surface area contributed by atoms with Crippen LogP contribution in [0.25, 0.3) is 0 Å². The fourth-order valence-electron chi connectivity index (χ4n) is 5.39. The Morgan fingerprint density at radius 1 is 0.970 bits per heavy atom. The van der Waals surface area contributed by atoms with Crippen molar-refractivity contribution in [3.63, 3.8) is 0 Å². The van der Waals surface area contributed by atoms with E-state index >= 15 is 0 Å². The van der Waals surface area contributed by atoms with E-state index < -0.39 is 0 Å². The molecular weight excluding hydrogens is 410 g/mol. The Morgan fingerprint density at radius 2 is 1.55 bits per heavy atom. The van der Waals surface area contributed by atoms with E-state index in [4.69, 9.17) is 4.98 Å². The Balaban J connectivity index is 1.88. The smallest absolute Gasteiger partial charge is 0.231 e. The van der Waals surface area contributed by atoms with E-state index in [1.54, 1.807) is 6.33 Å². The van der Waals surface area contributed by atoms with Gasteiger partial charge in [-0.15, -0.1) is 0 Å². The van der Waals surface area contributed by atoms with Crippen LogP contribution in [0.3, 0.4) is 0 Å². The van der Waals surface area contributed by atoms with E-state index in [-0.39, 0.29) is 22.8 Å². The van der Waals surface area contributed by atoms with Gasteiger partial charge in [0.05, 0.1) is 0 Å². The first-order valence-corrected chi connectivity index (χ1v) is 12.5. The van der Waals surface area contributed by atoms with E-state index in [1.807, 2.05) is 30.3 Å². The van der Waals surface area contributed by atoms with Gasteiger partial charge >= 0.3 is 0 Å². The lowest BCUT2D eigenvalue weighted by atomic mass is 9.71. The average Bonchev–Trinajstić information content (AvgIpc) is 2.78. The fourth-order valence-corrected chi connectivity index (χ4v) is 5.39. The van der Waals surface area contributed by atoms with Gasteiger partial charge in [0.25, 0.3) is 0 Å². The minimum absolute atomic E-state index is 0.0273. The Kier molecular flexibility index (Phi) is 8.09. The van der Waals surface area contributed by atoms with Gasteiger partial charge in [0.1, 0.15) is 6.33 Å². The summed E-state index contributed by atoms with van der Waals surface area (Å²) in [4.78, 5) is 32.0. The van der Waals surface area contributed by atoms with Gasteiger partial charge in [-0.05, 0) is 53.4 Å². The van der Waals surface area contributed by atoms with Gasteiger partial charge in [-0.1, -0.05) is 57.0 Å². The second kappa shape index (κ2) is 10.6. The van der Waals surface area contributed by atoms with Crippen LogP contribution in [0, 0.1) is 5.92 Å². The molecule has 0 bridgehead atoms. The number of hydrogen-bond donors (Lipinski definition) is 0. The van der Waals surface area contributed by atoms with Crippen molar-refractivity contribution < 1.29 is 4.79 Å². The molecule has 0 N–H and O–H groups in total. The second-order valence-electron chi connectivity index (χ2n) is 10.6. The van der Waals surface area contributed by atoms with Crippen LogP contribution in [0.1, 0.15) is 90.4 Å². The summed E-state index contributed by atoms with van der Waals surface area (Å²) in [5.74, 6) is 1.67. The lowest BCUT2D eigenvalue weighted by Crippen LogP contribution is -2.62. The Hall–Kier alpha value is -2.50. The number of nitrogens with zero attached hydrogens (tertiary/aromatic N) is 5. The molecule has 0 atom stereocenters. The zero-order chi connectivity index (χ0) is 24.1. The van der Waals surface area contributed by atoms with Crippen LogP contribution >= 0.6 is 0 Å². The summed E-state index contributed by atoms with van der Waals surface area (Å²) in [6, 6.07) is 9.68. The maximum atomic E-state index is 13.3. The van der Waals surface area contributed by atoms with Crippen LogP contribution < -0.4 is 9.80 Å². The van der Waals surface area contributed by atoms with E-state index in [0.29, 0.717) is 5.95 Å². The minimum Gasteiger partial charge on any atom is -0.341 e. The molecule has 2 heterocycles. The molecule has 1 aromatic carbocycles. The number of hydrogen-bond acceptors (Lipinski definition) is 6. The normalized spacial score (nSPS) is 17.7. The van der Waals surface area contributed by atoms with E-state index in [9.17, 15) is 4.79 Å². The largest absolute Gasteiger partial charge is 0.341 e. The molecule has 1 aliphatic rings. The van der Waals surface area contributed by atoms with E-state index in [2.05, 4.69) is 61.3 Å². The summed E-state index contributed by atoms with van der Waals surface area (Å²) in [6.07, 6.45) is 7.70. The summed E-state index contributed by atoms with van der Waals surface area (Å²) < 4.78 is 0. The monoisotopic (exact) mass is 451 g/mol. The molecule has 0 amide bonds. The molecule has 6 heteroatoms. The van der Waals surface area contributed by atoms with Crippen molar-refractivity contribution in [2.45, 2.75) is 91.1 Å². The summed E-state index contributed by atoms with van der Waals surface area (Å²) in [7, 11) is 0. The molecule has 1 aliphatic heterocycles. The van der Waals surface area contributed by atoms with Crippen LogP contribution in [0.2, 0.25) is 0 Å². The Morgan fingerprint density at radius 3 is 2.09 bits per heavy atom. The third kappa shape index (κ3) is 5.90. The van der Waals surface area contributed by atoms with Crippen molar-refractivity contribution in [1.82, 2.24) is 15.0 Å². The summed E-state index contributed by atoms with van der Waals surface area (Å²) in [5, 5.41) is 0. The van der Waals surface area contributed by atoms with Gasteiger partial charge in [-0.3, -0.25) is 4.79 Å². The van der Waals surface area contributed by atoms with Crippen LogP contribution in [0.4, 0.5) is 11.9 Å². The SMILES string of the molecule is CCCCN(CCCC)c1ncnc(N2C(C)(C)CC(C(=O)c3ccccc3)CC2(C)C)n1. The molecule has 0 radical (unpaired) electrons. The number of carbonyl (C=O) groups excluding carboxylic acids is 1. The molecule has 0 spiro atoms. The topological polar surface area (TPSA) is 62.2 Å². The quantitative estimate of drug-likeness (QED) is 0.417. The molecule has 6 nitrogen and oxygen atoms in total. The molecule has 33 heavy (non-hydrogen) atoms. The van der Waals surface area contributed by atoms with E-state index in [0.717, 1.165) is 63.1 Å². The van der Waals surface area contributed by atoms with Crippen LogP contribution in [-0.4, -0.2) is 44.9 Å². The molecule has 0 aliphatic carbocycles. The van der Waals surface area contributed by atoms with Crippen molar-refractivity contribution in [3.8, 4) is 0 Å². The molecule has 3 rings (SSSR count). The number of unbranched alkanes of at least 4 members (excludes halogenated alkanes) is 2. The molecule has 1 saturated heterocycles. The van der Waals surface area contributed by atoms with Crippen LogP contribution in [0.5, 0.6) is 0 Å². The van der Waals surface area contributed by atoms with Crippen LogP contribution in [-0.2, 0) is 0 Å². The molecule has 0 saturated carbocycles. The highest BCUT2D eigenvalue weighted by atomic mass is 16.1. The standard InChI is InChI=1S/C27H41N5O/c1-7-9-16-31(17-10-8-2)24-28-20-29-25(30-24)32-26(3,4)18-22(19-27(32,5)6)23(33)21-14-12-11-13-15-21/h11-15,20,22H,7-10,16-19H2,1-6H3. The highest BCUT2D eigenvalue weighted by molar-refractivity contribution is 5.98. The number of ketones is 1. The highest BCUT2D eigenvalue weighted by Crippen LogP contribution is 2.44. The number of benzene rings is 1. The van der Waals surface area contributed by atoms with Crippen molar-refractivity contribution in [3.05, 3.63) is 42.2 Å². The van der Waals surface area contributed by atoms with Crippen molar-refractivity contribution >= 4 is 17.7 Å². The highest BCUT2D eigenvalue weighted by Gasteiger charge is 2.48. The van der Waals surface area contributed by atoms with Gasteiger partial charge in [0, 0.05) is 35.6 Å². The van der Waals surface area contributed by atoms with Crippen molar-refractivity contribution in [2.75, 3.05) is 22.9 Å². The lowest BCUT2D eigenvalue weighted by Gasteiger charge is -2.55. The van der Waals surface area contributed by atoms with Crippen molar-refractivity contribution in [1.29, 1.82) is 0 Å². The third-order valence-electron chi connectivity index (χ3n) is 6.72. The first kappa shape index (κ1) is 25.1. The number of carbonyl (C=O) groups is 1. The van der Waals surface area contributed by atoms with E-state index in [1.165, 1.54) is 0 Å². The fraction of sp³-hybridized carbons (Fsp3) is 0.630. The molecule has 0 unspecified atom stereocenters. The van der Waals surface area contributed by atoms with Gasteiger partial charge in [-0.25, -0.2) is 9.97 Å². The second-order valence-corrected chi connectivity index (χ2v) is 10.6. The predicted molar refractivity (Wildman–Crippen MR) is 136 cm³/mol. The van der Waals surface area contributed by atoms with Gasteiger partial charge in [-0.2, -0.15) is 4.98 Å². The number of rotatable bonds is 10. The maximum Gasteiger partial charge on any atom is 0.231 e. The molecular formula is C27H41N5O. The van der Waals surface area contributed by atoms with Crippen molar-refractivity contribution in [2.24, 2.45) is 5.92 Å². The van der Waals surface area contributed by atoms with Gasteiger partial charge in [0.2, 0.25) is 11.9 Å². The lowest BCUT2D eigenvalue weighted by molar-refractivity contribution is 0.0804. The molecule has 1 aromatic heterocycles. The van der Waals surface area contributed by atoms with Gasteiger partial charge < -0.3 is 9.80 Å². The first-order valence-electron chi connectivity index (χ1n) is 12.5. The molecule has 1 fully saturated rings. The molecule has 180 valence electrons. The number of piperidine rings is 1. The maximum absolute atomic E-state index is 13.3. The Labute approximate surface area is 199 Å². The van der Waals surface area contributed by atoms with Crippen LogP contribution in [0.15, 0.2) is 36.7 Å². The molecule has 2 aromatic rings. The average molecular weight is 452 g/mol. The zero-order valence-corrected chi connectivity index (χ0v) is 21.3. The number of aromatic nitrogens is 3. The third-order valence-corrected chi connectivity index (χ3v) is 6.72. The number of Topliss-reactive ketones (excluding diaryl/α,β-unsaturated/α-hetero) is 1. The summed E-state index contributed by atoms with van der Waals surface area (Å²) in [5.41, 5.74) is 0.257. The van der Waals surface area contributed by atoms with Gasteiger partial charge in [0.15, 0.2) is 5.78 Å².